The summed E-state index contributed by atoms with van der Waals surface area (Å²) in [6.07, 6.45) is 2.08. The van der Waals surface area contributed by atoms with Gasteiger partial charge in [0.1, 0.15) is 0 Å². The first-order chi connectivity index (χ1) is 11.6. The molecule has 2 rings (SSSR count). The molecule has 0 fully saturated rings. The lowest BCUT2D eigenvalue weighted by Crippen LogP contribution is -2.29. The van der Waals surface area contributed by atoms with E-state index in [4.69, 9.17) is 0 Å². The number of rotatable bonds is 8. The molecule has 1 aromatic rings. The number of carbonyl (C=O) groups excluding carboxylic acids is 2. The predicted molar refractivity (Wildman–Crippen MR) is 94.7 cm³/mol. The fraction of sp³-hybridized carbons (Fsp3) is 0.500. The maximum absolute atomic E-state index is 12.2. The van der Waals surface area contributed by atoms with Crippen molar-refractivity contribution < 1.29 is 9.59 Å². The van der Waals surface area contributed by atoms with E-state index < -0.39 is 0 Å². The van der Waals surface area contributed by atoms with Gasteiger partial charge in [0.15, 0.2) is 0 Å². The third-order valence-corrected chi connectivity index (χ3v) is 3.87. The minimum Gasteiger partial charge on any atom is -0.356 e. The highest BCUT2D eigenvalue weighted by Gasteiger charge is 2.21. The third kappa shape index (κ3) is 5.77. The number of nitrogens with one attached hydrogen (secondary N) is 1. The van der Waals surface area contributed by atoms with Crippen LogP contribution in [0.4, 0.5) is 0 Å². The molecule has 6 nitrogen and oxygen atoms in total. The van der Waals surface area contributed by atoms with Crippen LogP contribution in [-0.4, -0.2) is 61.2 Å². The lowest BCUT2D eigenvalue weighted by molar-refractivity contribution is -0.133. The Morgan fingerprint density at radius 3 is 2.67 bits per heavy atom. The number of amides is 2. The highest BCUT2D eigenvalue weighted by atomic mass is 16.2. The second-order valence-corrected chi connectivity index (χ2v) is 6.19. The number of hydrogen-bond donors (Lipinski definition) is 1. The zero-order valence-electron chi connectivity index (χ0n) is 14.5. The SMILES string of the molecule is CN(C)CCCNC(=O)CCC(=O)N1CCC(c2ccccc2)=N1. The van der Waals surface area contributed by atoms with E-state index in [0.717, 1.165) is 30.7 Å². The lowest BCUT2D eigenvalue weighted by atomic mass is 10.1. The summed E-state index contributed by atoms with van der Waals surface area (Å²) in [4.78, 5) is 26.0. The van der Waals surface area contributed by atoms with Crippen molar-refractivity contribution in [2.45, 2.75) is 25.7 Å². The molecule has 0 saturated carbocycles. The molecule has 0 bridgehead atoms. The zero-order chi connectivity index (χ0) is 17.4. The fourth-order valence-electron chi connectivity index (χ4n) is 2.53. The summed E-state index contributed by atoms with van der Waals surface area (Å²) in [5.41, 5.74) is 1.98. The fourth-order valence-corrected chi connectivity index (χ4v) is 2.53. The van der Waals surface area contributed by atoms with E-state index in [1.807, 2.05) is 44.4 Å². The minimum absolute atomic E-state index is 0.0754. The average Bonchev–Trinajstić information content (AvgIpc) is 3.07. The van der Waals surface area contributed by atoms with Gasteiger partial charge in [0.05, 0.1) is 12.3 Å². The van der Waals surface area contributed by atoms with Crippen LogP contribution in [0.25, 0.3) is 0 Å². The third-order valence-electron chi connectivity index (χ3n) is 3.87. The predicted octanol–water partition coefficient (Wildman–Crippen LogP) is 1.47. The molecule has 1 N–H and O–H groups in total. The Bertz CT molecular complexity index is 584. The molecule has 0 aliphatic carbocycles. The van der Waals surface area contributed by atoms with Crippen molar-refractivity contribution in [3.63, 3.8) is 0 Å². The second kappa shape index (κ2) is 9.17. The molecule has 0 spiro atoms. The quantitative estimate of drug-likeness (QED) is 0.734. The number of carbonyl (C=O) groups is 2. The Labute approximate surface area is 143 Å². The zero-order valence-corrected chi connectivity index (χ0v) is 14.5. The maximum atomic E-state index is 12.2. The van der Waals surface area contributed by atoms with Gasteiger partial charge in [0.25, 0.3) is 0 Å². The van der Waals surface area contributed by atoms with Gasteiger partial charge in [-0.25, -0.2) is 5.01 Å². The molecule has 1 aliphatic heterocycles. The van der Waals surface area contributed by atoms with Crippen molar-refractivity contribution >= 4 is 17.5 Å². The molecular formula is C18H26N4O2. The van der Waals surface area contributed by atoms with Crippen molar-refractivity contribution in [2.24, 2.45) is 5.10 Å². The summed E-state index contributed by atoms with van der Waals surface area (Å²) in [6, 6.07) is 9.87. The Morgan fingerprint density at radius 2 is 1.96 bits per heavy atom. The highest BCUT2D eigenvalue weighted by molar-refractivity contribution is 6.02. The van der Waals surface area contributed by atoms with E-state index in [9.17, 15) is 9.59 Å². The van der Waals surface area contributed by atoms with Crippen LogP contribution in [0, 0.1) is 0 Å². The van der Waals surface area contributed by atoms with Crippen LogP contribution in [-0.2, 0) is 9.59 Å². The highest BCUT2D eigenvalue weighted by Crippen LogP contribution is 2.14. The summed E-state index contributed by atoms with van der Waals surface area (Å²) in [5, 5.41) is 8.73. The lowest BCUT2D eigenvalue weighted by Gasteiger charge is -2.12. The van der Waals surface area contributed by atoms with Gasteiger partial charge >= 0.3 is 0 Å². The molecule has 0 aromatic heterocycles. The number of nitrogens with zero attached hydrogens (tertiary/aromatic N) is 3. The van der Waals surface area contributed by atoms with Gasteiger partial charge < -0.3 is 10.2 Å². The standard InChI is InChI=1S/C18H26N4O2/c1-21(2)13-6-12-19-17(23)9-10-18(24)22-14-11-16(20-22)15-7-4-3-5-8-15/h3-5,7-8H,6,9-14H2,1-2H3,(H,19,23). The Kier molecular flexibility index (Phi) is 6.93. The average molecular weight is 330 g/mol. The van der Waals surface area contributed by atoms with Crippen LogP contribution in [0.3, 0.4) is 0 Å². The van der Waals surface area contributed by atoms with Crippen molar-refractivity contribution in [1.82, 2.24) is 15.2 Å². The van der Waals surface area contributed by atoms with Crippen molar-refractivity contribution in [1.29, 1.82) is 0 Å². The molecular weight excluding hydrogens is 304 g/mol. The van der Waals surface area contributed by atoms with Gasteiger partial charge in [-0.1, -0.05) is 30.3 Å². The Morgan fingerprint density at radius 1 is 1.21 bits per heavy atom. The van der Waals surface area contributed by atoms with Crippen LogP contribution in [0.15, 0.2) is 35.4 Å². The van der Waals surface area contributed by atoms with E-state index in [0.29, 0.717) is 13.1 Å². The molecule has 0 unspecified atom stereocenters. The summed E-state index contributed by atoms with van der Waals surface area (Å²) in [6.45, 7) is 2.17. The topological polar surface area (TPSA) is 65.0 Å². The van der Waals surface area contributed by atoms with E-state index in [-0.39, 0.29) is 24.7 Å². The molecule has 0 atom stereocenters. The molecule has 24 heavy (non-hydrogen) atoms. The smallest absolute Gasteiger partial charge is 0.243 e. The van der Waals surface area contributed by atoms with Crippen molar-refractivity contribution in [3.8, 4) is 0 Å². The molecule has 1 heterocycles. The number of hydrogen-bond acceptors (Lipinski definition) is 4. The van der Waals surface area contributed by atoms with Crippen LogP contribution in [0.1, 0.15) is 31.2 Å². The van der Waals surface area contributed by atoms with E-state index in [1.165, 1.54) is 5.01 Å². The van der Waals surface area contributed by atoms with Crippen LogP contribution < -0.4 is 5.32 Å². The van der Waals surface area contributed by atoms with E-state index >= 15 is 0 Å². The summed E-state index contributed by atoms with van der Waals surface area (Å²) < 4.78 is 0. The largest absolute Gasteiger partial charge is 0.356 e. The second-order valence-electron chi connectivity index (χ2n) is 6.19. The van der Waals surface area contributed by atoms with Crippen molar-refractivity contribution in [3.05, 3.63) is 35.9 Å². The summed E-state index contributed by atoms with van der Waals surface area (Å²) in [7, 11) is 4.00. The normalized spacial score (nSPS) is 14.0. The van der Waals surface area contributed by atoms with Gasteiger partial charge in [0.2, 0.25) is 11.8 Å². The van der Waals surface area contributed by atoms with Gasteiger partial charge in [-0.2, -0.15) is 5.10 Å². The molecule has 0 saturated heterocycles. The summed E-state index contributed by atoms with van der Waals surface area (Å²) in [5.74, 6) is -0.169. The van der Waals surface area contributed by atoms with E-state index in [2.05, 4.69) is 15.3 Å². The van der Waals surface area contributed by atoms with Gasteiger partial charge in [0, 0.05) is 25.8 Å². The number of benzene rings is 1. The van der Waals surface area contributed by atoms with Crippen molar-refractivity contribution in [2.75, 3.05) is 33.7 Å². The molecule has 1 aliphatic rings. The number of hydrazone groups is 1. The Balaban J connectivity index is 1.71. The molecule has 2 amide bonds. The first kappa shape index (κ1) is 18.1. The van der Waals surface area contributed by atoms with E-state index in [1.54, 1.807) is 0 Å². The molecule has 6 heteroatoms. The van der Waals surface area contributed by atoms with Gasteiger partial charge in [-0.15, -0.1) is 0 Å². The maximum Gasteiger partial charge on any atom is 0.243 e. The first-order valence-corrected chi connectivity index (χ1v) is 8.41. The summed E-state index contributed by atoms with van der Waals surface area (Å²) >= 11 is 0. The van der Waals surface area contributed by atoms with Gasteiger partial charge in [-0.05, 0) is 32.6 Å². The monoisotopic (exact) mass is 330 g/mol. The Hall–Kier alpha value is -2.21. The minimum atomic E-state index is -0.0932. The first-order valence-electron chi connectivity index (χ1n) is 8.41. The molecule has 130 valence electrons. The van der Waals surface area contributed by atoms with Gasteiger partial charge in [-0.3, -0.25) is 9.59 Å². The molecule has 1 aromatic carbocycles. The van der Waals surface area contributed by atoms with Crippen LogP contribution >= 0.6 is 0 Å². The van der Waals surface area contributed by atoms with Crippen LogP contribution in [0.2, 0.25) is 0 Å². The molecule has 0 radical (unpaired) electrons. The van der Waals surface area contributed by atoms with Crippen LogP contribution in [0.5, 0.6) is 0 Å².